The van der Waals surface area contributed by atoms with Crippen LogP contribution in [0.4, 0.5) is 0 Å². The van der Waals surface area contributed by atoms with Crippen molar-refractivity contribution >= 4 is 10.0 Å². The van der Waals surface area contributed by atoms with E-state index in [-0.39, 0.29) is 4.90 Å². The minimum atomic E-state index is -3.43. The molecule has 0 saturated carbocycles. The summed E-state index contributed by atoms with van der Waals surface area (Å²) in [5.74, 6) is 0. The van der Waals surface area contributed by atoms with Gasteiger partial charge in [-0.1, -0.05) is 6.92 Å². The molecule has 1 N–H and O–H groups in total. The van der Waals surface area contributed by atoms with Gasteiger partial charge >= 0.3 is 0 Å². The molecular weight excluding hydrogens is 230 g/mol. The van der Waals surface area contributed by atoms with Crippen molar-refractivity contribution in [3.63, 3.8) is 0 Å². The smallest absolute Gasteiger partial charge is 0.246 e. The molecule has 92 valence electrons. The summed E-state index contributed by atoms with van der Waals surface area (Å²) >= 11 is 0. The molecule has 1 aromatic rings. The van der Waals surface area contributed by atoms with Crippen molar-refractivity contribution in [2.24, 2.45) is 0 Å². The first-order chi connectivity index (χ1) is 7.62. The highest BCUT2D eigenvalue weighted by atomic mass is 32.2. The van der Waals surface area contributed by atoms with E-state index in [1.54, 1.807) is 6.92 Å². The fourth-order valence-corrected chi connectivity index (χ4v) is 2.63. The third-order valence-corrected chi connectivity index (χ3v) is 4.09. The monoisotopic (exact) mass is 247 g/mol. The zero-order chi connectivity index (χ0) is 12.0. The van der Waals surface area contributed by atoms with E-state index in [1.165, 1.54) is 16.7 Å². The largest absolute Gasteiger partial charge is 0.380 e. The third-order valence-electron chi connectivity index (χ3n) is 2.15. The Morgan fingerprint density at radius 3 is 2.75 bits per heavy atom. The molecule has 0 saturated heterocycles. The molecule has 1 rings (SSSR count). The van der Waals surface area contributed by atoms with Crippen molar-refractivity contribution in [2.45, 2.75) is 18.7 Å². The zero-order valence-corrected chi connectivity index (χ0v) is 10.3. The summed E-state index contributed by atoms with van der Waals surface area (Å²) in [5.41, 5.74) is 0. The lowest BCUT2D eigenvalue weighted by atomic mass is 10.6. The van der Waals surface area contributed by atoms with Crippen molar-refractivity contribution in [3.05, 3.63) is 12.4 Å². The molecule has 0 amide bonds. The average molecular weight is 247 g/mol. The van der Waals surface area contributed by atoms with Crippen molar-refractivity contribution in [2.75, 3.05) is 26.3 Å². The number of nitrogens with zero attached hydrogens (tertiary/aromatic N) is 2. The van der Waals surface area contributed by atoms with E-state index in [4.69, 9.17) is 4.74 Å². The molecule has 0 aliphatic carbocycles. The van der Waals surface area contributed by atoms with E-state index in [0.717, 1.165) is 0 Å². The van der Waals surface area contributed by atoms with Gasteiger partial charge in [0.2, 0.25) is 10.0 Å². The normalized spacial score (nSPS) is 12.2. The van der Waals surface area contributed by atoms with Gasteiger partial charge in [-0.25, -0.2) is 8.42 Å². The van der Waals surface area contributed by atoms with Crippen LogP contribution in [0.1, 0.15) is 13.8 Å². The van der Waals surface area contributed by atoms with Crippen LogP contribution in [0.15, 0.2) is 17.3 Å². The molecule has 0 spiro atoms. The van der Waals surface area contributed by atoms with E-state index >= 15 is 0 Å². The van der Waals surface area contributed by atoms with E-state index in [0.29, 0.717) is 26.3 Å². The summed E-state index contributed by atoms with van der Waals surface area (Å²) in [7, 11) is -3.43. The van der Waals surface area contributed by atoms with Crippen LogP contribution in [0.5, 0.6) is 0 Å². The minimum absolute atomic E-state index is 0.186. The molecule has 16 heavy (non-hydrogen) atoms. The fourth-order valence-electron chi connectivity index (χ4n) is 1.29. The summed E-state index contributed by atoms with van der Waals surface area (Å²) in [5, 5.41) is 6.13. The van der Waals surface area contributed by atoms with Gasteiger partial charge in [0.05, 0.1) is 12.8 Å². The SMILES string of the molecule is CCOCCN(CC)S(=O)(=O)c1cn[nH]c1. The molecular formula is C9H17N3O3S. The van der Waals surface area contributed by atoms with E-state index in [1.807, 2.05) is 6.92 Å². The van der Waals surface area contributed by atoms with Gasteiger partial charge in [0, 0.05) is 25.9 Å². The summed E-state index contributed by atoms with van der Waals surface area (Å²) in [4.78, 5) is 0.186. The van der Waals surface area contributed by atoms with Crippen molar-refractivity contribution in [1.29, 1.82) is 0 Å². The van der Waals surface area contributed by atoms with Crippen LogP contribution in [0.25, 0.3) is 0 Å². The third kappa shape index (κ3) is 3.03. The number of aromatic amines is 1. The summed E-state index contributed by atoms with van der Waals surface area (Å²) in [6.45, 7) is 5.44. The molecule has 0 bridgehead atoms. The molecule has 0 aliphatic rings. The fraction of sp³-hybridized carbons (Fsp3) is 0.667. The van der Waals surface area contributed by atoms with Gasteiger partial charge in [-0.15, -0.1) is 0 Å². The lowest BCUT2D eigenvalue weighted by molar-refractivity contribution is 0.135. The lowest BCUT2D eigenvalue weighted by Gasteiger charge is -2.19. The highest BCUT2D eigenvalue weighted by molar-refractivity contribution is 7.89. The number of likely N-dealkylation sites (N-methyl/N-ethyl adjacent to an activating group) is 1. The number of aromatic nitrogens is 2. The standard InChI is InChI=1S/C9H17N3O3S/c1-3-12(5-6-15-4-2)16(13,14)9-7-10-11-8-9/h7-8H,3-6H2,1-2H3,(H,10,11). The van der Waals surface area contributed by atoms with Crippen LogP contribution in [0, 0.1) is 0 Å². The van der Waals surface area contributed by atoms with Gasteiger partial charge in [0.15, 0.2) is 0 Å². The van der Waals surface area contributed by atoms with Gasteiger partial charge in [-0.3, -0.25) is 5.10 Å². The second-order valence-electron chi connectivity index (χ2n) is 3.13. The summed E-state index contributed by atoms with van der Waals surface area (Å²) < 4.78 is 30.6. The molecule has 0 atom stereocenters. The predicted octanol–water partition coefficient (Wildman–Crippen LogP) is 0.457. The summed E-state index contributed by atoms with van der Waals surface area (Å²) in [6.07, 6.45) is 2.68. The molecule has 0 fully saturated rings. The first kappa shape index (κ1) is 13.1. The Kier molecular flexibility index (Phi) is 4.91. The summed E-state index contributed by atoms with van der Waals surface area (Å²) in [6, 6.07) is 0. The lowest BCUT2D eigenvalue weighted by Crippen LogP contribution is -2.33. The highest BCUT2D eigenvalue weighted by Crippen LogP contribution is 2.12. The van der Waals surface area contributed by atoms with Crippen LogP contribution in [-0.2, 0) is 14.8 Å². The van der Waals surface area contributed by atoms with Gasteiger partial charge in [0.25, 0.3) is 0 Å². The van der Waals surface area contributed by atoms with Gasteiger partial charge in [-0.05, 0) is 6.92 Å². The first-order valence-electron chi connectivity index (χ1n) is 5.19. The van der Waals surface area contributed by atoms with Crippen molar-refractivity contribution in [1.82, 2.24) is 14.5 Å². The topological polar surface area (TPSA) is 75.3 Å². The number of hydrogen-bond donors (Lipinski definition) is 1. The van der Waals surface area contributed by atoms with Crippen LogP contribution < -0.4 is 0 Å². The second-order valence-corrected chi connectivity index (χ2v) is 5.07. The van der Waals surface area contributed by atoms with E-state index in [2.05, 4.69) is 10.2 Å². The van der Waals surface area contributed by atoms with Gasteiger partial charge in [-0.2, -0.15) is 9.40 Å². The zero-order valence-electron chi connectivity index (χ0n) is 9.51. The van der Waals surface area contributed by atoms with Gasteiger partial charge in [0.1, 0.15) is 4.90 Å². The van der Waals surface area contributed by atoms with Gasteiger partial charge < -0.3 is 4.74 Å². The Morgan fingerprint density at radius 1 is 1.50 bits per heavy atom. The molecule has 0 radical (unpaired) electrons. The number of H-pyrrole nitrogens is 1. The molecule has 0 aromatic carbocycles. The Morgan fingerprint density at radius 2 is 2.25 bits per heavy atom. The molecule has 1 heterocycles. The van der Waals surface area contributed by atoms with Crippen molar-refractivity contribution in [3.8, 4) is 0 Å². The quantitative estimate of drug-likeness (QED) is 0.710. The molecule has 1 aromatic heterocycles. The maximum Gasteiger partial charge on any atom is 0.246 e. The molecule has 7 heteroatoms. The molecule has 0 aliphatic heterocycles. The highest BCUT2D eigenvalue weighted by Gasteiger charge is 2.23. The second kappa shape index (κ2) is 5.97. The number of ether oxygens (including phenoxy) is 1. The first-order valence-corrected chi connectivity index (χ1v) is 6.63. The number of nitrogens with one attached hydrogen (secondary N) is 1. The Bertz CT molecular complexity index is 388. The molecule has 0 unspecified atom stereocenters. The maximum atomic E-state index is 12.0. The van der Waals surface area contributed by atoms with E-state index in [9.17, 15) is 8.42 Å². The maximum absolute atomic E-state index is 12.0. The van der Waals surface area contributed by atoms with E-state index < -0.39 is 10.0 Å². The Balaban J connectivity index is 2.72. The number of sulfonamides is 1. The van der Waals surface area contributed by atoms with Crippen LogP contribution >= 0.6 is 0 Å². The van der Waals surface area contributed by atoms with Crippen LogP contribution in [-0.4, -0.2) is 49.2 Å². The van der Waals surface area contributed by atoms with Crippen LogP contribution in [0.2, 0.25) is 0 Å². The predicted molar refractivity (Wildman–Crippen MR) is 59.5 cm³/mol. The van der Waals surface area contributed by atoms with Crippen LogP contribution in [0.3, 0.4) is 0 Å². The minimum Gasteiger partial charge on any atom is -0.380 e. The number of rotatable bonds is 7. The molecule has 6 nitrogen and oxygen atoms in total. The Labute approximate surface area is 95.7 Å². The Hall–Kier alpha value is -0.920. The number of hydrogen-bond acceptors (Lipinski definition) is 4. The van der Waals surface area contributed by atoms with Crippen molar-refractivity contribution < 1.29 is 13.2 Å². The average Bonchev–Trinajstić information content (AvgIpc) is 2.78.